The number of rotatable bonds is 1. The van der Waals surface area contributed by atoms with Crippen LogP contribution in [0.4, 0.5) is 31.1 Å². The summed E-state index contributed by atoms with van der Waals surface area (Å²) in [6.45, 7) is 3.02. The maximum Gasteiger partial charge on any atom is 0.416 e. The van der Waals surface area contributed by atoms with Crippen molar-refractivity contribution in [2.45, 2.75) is 32.2 Å². The van der Waals surface area contributed by atoms with Gasteiger partial charge >= 0.3 is 18.4 Å². The summed E-state index contributed by atoms with van der Waals surface area (Å²) < 4.78 is 82.1. The van der Waals surface area contributed by atoms with Crippen LogP contribution in [-0.4, -0.2) is 12.7 Å². The molecular weight excluding hydrogens is 328 g/mol. The third kappa shape index (κ3) is 3.70. The number of carbonyl (C=O) groups excluding carboxylic acids is 1. The van der Waals surface area contributed by atoms with Gasteiger partial charge in [-0.1, -0.05) is 13.8 Å². The first kappa shape index (κ1) is 17.4. The van der Waals surface area contributed by atoms with E-state index in [2.05, 4.69) is 5.32 Å². The molecule has 3 nitrogen and oxygen atoms in total. The molecule has 0 spiro atoms. The van der Waals surface area contributed by atoms with Crippen molar-refractivity contribution in [1.82, 2.24) is 5.32 Å². The van der Waals surface area contributed by atoms with Gasteiger partial charge in [-0.15, -0.1) is 0 Å². The zero-order chi connectivity index (χ0) is 17.6. The van der Waals surface area contributed by atoms with E-state index in [1.807, 2.05) is 0 Å². The second-order valence-electron chi connectivity index (χ2n) is 5.98. The number of ether oxygens (including phenoxy) is 1. The number of alkyl carbamates (subject to hydrolysis) is 1. The van der Waals surface area contributed by atoms with Crippen LogP contribution >= 0.6 is 0 Å². The Morgan fingerprint density at radius 3 is 1.96 bits per heavy atom. The van der Waals surface area contributed by atoms with E-state index in [-0.39, 0.29) is 18.2 Å². The maximum atomic E-state index is 12.9. The lowest BCUT2D eigenvalue weighted by atomic mass is 9.79. The molecule has 0 aliphatic carbocycles. The van der Waals surface area contributed by atoms with Gasteiger partial charge in [0.25, 0.3) is 0 Å². The van der Waals surface area contributed by atoms with Crippen LogP contribution in [0.3, 0.4) is 0 Å². The zero-order valence-corrected chi connectivity index (χ0v) is 12.1. The van der Waals surface area contributed by atoms with Gasteiger partial charge in [-0.3, -0.25) is 0 Å². The fraction of sp³-hybridized carbons (Fsp3) is 0.500. The lowest BCUT2D eigenvalue weighted by Gasteiger charge is -2.39. The zero-order valence-electron chi connectivity index (χ0n) is 12.1. The molecule has 1 amide bonds. The SMILES string of the molecule is CC1(C)COC(=O)N[C@H]1c1cc(C(F)(F)F)cc(C(F)(F)F)c1. The molecule has 2 rings (SSSR count). The molecule has 0 bridgehead atoms. The summed E-state index contributed by atoms with van der Waals surface area (Å²) in [7, 11) is 0. The summed E-state index contributed by atoms with van der Waals surface area (Å²) >= 11 is 0. The number of benzene rings is 1. The molecule has 0 saturated carbocycles. The number of hydrogen-bond donors (Lipinski definition) is 1. The van der Waals surface area contributed by atoms with Gasteiger partial charge in [0.2, 0.25) is 0 Å². The lowest BCUT2D eigenvalue weighted by Crippen LogP contribution is -2.47. The summed E-state index contributed by atoms with van der Waals surface area (Å²) in [5, 5.41) is 2.28. The van der Waals surface area contributed by atoms with Crippen LogP contribution in [0.5, 0.6) is 0 Å². The Kier molecular flexibility index (Phi) is 4.02. The Balaban J connectivity index is 2.59. The van der Waals surface area contributed by atoms with Gasteiger partial charge in [0.15, 0.2) is 0 Å². The van der Waals surface area contributed by atoms with Crippen molar-refractivity contribution < 1.29 is 35.9 Å². The van der Waals surface area contributed by atoms with E-state index in [0.717, 1.165) is 0 Å². The van der Waals surface area contributed by atoms with Crippen molar-refractivity contribution in [2.75, 3.05) is 6.61 Å². The first-order valence-corrected chi connectivity index (χ1v) is 6.53. The molecule has 1 aliphatic rings. The molecule has 23 heavy (non-hydrogen) atoms. The van der Waals surface area contributed by atoms with Crippen LogP contribution in [0, 0.1) is 5.41 Å². The first-order valence-electron chi connectivity index (χ1n) is 6.53. The summed E-state index contributed by atoms with van der Waals surface area (Å²) in [6, 6.07) is 0.255. The number of nitrogens with one attached hydrogen (secondary N) is 1. The molecule has 1 N–H and O–H groups in total. The molecule has 1 heterocycles. The highest BCUT2D eigenvalue weighted by atomic mass is 19.4. The van der Waals surface area contributed by atoms with Crippen LogP contribution in [-0.2, 0) is 17.1 Å². The molecule has 0 aromatic heterocycles. The van der Waals surface area contributed by atoms with E-state index in [1.54, 1.807) is 13.8 Å². The predicted molar refractivity (Wildman–Crippen MR) is 67.5 cm³/mol. The topological polar surface area (TPSA) is 38.3 Å². The predicted octanol–water partition coefficient (Wildman–Crippen LogP) is 4.53. The molecule has 1 fully saturated rings. The minimum absolute atomic E-state index is 0.0532. The molecule has 1 aromatic rings. The lowest BCUT2D eigenvalue weighted by molar-refractivity contribution is -0.143. The van der Waals surface area contributed by atoms with Gasteiger partial charge in [0.1, 0.15) is 6.61 Å². The monoisotopic (exact) mass is 341 g/mol. The molecule has 9 heteroatoms. The fourth-order valence-corrected chi connectivity index (χ4v) is 2.37. The van der Waals surface area contributed by atoms with Crippen LogP contribution in [0.25, 0.3) is 0 Å². The van der Waals surface area contributed by atoms with Crippen LogP contribution in [0.2, 0.25) is 0 Å². The normalized spacial score (nSPS) is 21.6. The molecule has 1 aromatic carbocycles. The Hall–Kier alpha value is -1.93. The second kappa shape index (κ2) is 5.31. The molecule has 1 atom stereocenters. The van der Waals surface area contributed by atoms with E-state index in [1.165, 1.54) is 0 Å². The van der Waals surface area contributed by atoms with Crippen LogP contribution in [0.1, 0.15) is 36.6 Å². The van der Waals surface area contributed by atoms with E-state index < -0.39 is 41.0 Å². The van der Waals surface area contributed by atoms with Crippen molar-refractivity contribution in [3.8, 4) is 0 Å². The minimum Gasteiger partial charge on any atom is -0.449 e. The van der Waals surface area contributed by atoms with Crippen molar-refractivity contribution in [3.05, 3.63) is 34.9 Å². The van der Waals surface area contributed by atoms with Gasteiger partial charge in [-0.25, -0.2) is 4.79 Å². The first-order chi connectivity index (χ1) is 10.3. The highest BCUT2D eigenvalue weighted by molar-refractivity contribution is 5.69. The van der Waals surface area contributed by atoms with Crippen LogP contribution in [0.15, 0.2) is 18.2 Å². The van der Waals surface area contributed by atoms with Crippen molar-refractivity contribution in [1.29, 1.82) is 0 Å². The average Bonchev–Trinajstić information content (AvgIpc) is 2.39. The highest BCUT2D eigenvalue weighted by Crippen LogP contribution is 2.42. The Labute approximate surface area is 127 Å². The van der Waals surface area contributed by atoms with Crippen LogP contribution < -0.4 is 5.32 Å². The van der Waals surface area contributed by atoms with Gasteiger partial charge in [0, 0.05) is 5.41 Å². The standard InChI is InChI=1S/C14H13F6NO2/c1-12(2)6-23-11(22)21-10(12)7-3-8(13(15,16)17)5-9(4-7)14(18,19)20/h3-5,10H,6H2,1-2H3,(H,21,22)/t10-/m0/s1. The van der Waals surface area contributed by atoms with E-state index in [9.17, 15) is 31.1 Å². The van der Waals surface area contributed by atoms with E-state index >= 15 is 0 Å². The van der Waals surface area contributed by atoms with Gasteiger partial charge in [0.05, 0.1) is 17.2 Å². The Bertz CT molecular complexity index is 588. The summed E-state index contributed by atoms with van der Waals surface area (Å²) in [6.07, 6.45) is -10.8. The summed E-state index contributed by atoms with van der Waals surface area (Å²) in [5.74, 6) is 0. The molecule has 128 valence electrons. The number of hydrogen-bond acceptors (Lipinski definition) is 2. The van der Waals surface area contributed by atoms with E-state index in [0.29, 0.717) is 12.1 Å². The van der Waals surface area contributed by atoms with E-state index in [4.69, 9.17) is 4.74 Å². The molecule has 1 saturated heterocycles. The van der Waals surface area contributed by atoms with Crippen molar-refractivity contribution in [2.24, 2.45) is 5.41 Å². The number of carbonyl (C=O) groups is 1. The van der Waals surface area contributed by atoms with Gasteiger partial charge < -0.3 is 10.1 Å². The molecular formula is C14H13F6NO2. The number of cyclic esters (lactones) is 1. The number of amides is 1. The van der Waals surface area contributed by atoms with Crippen molar-refractivity contribution >= 4 is 6.09 Å². The average molecular weight is 341 g/mol. The third-order valence-corrected chi connectivity index (χ3v) is 3.56. The second-order valence-corrected chi connectivity index (χ2v) is 5.98. The largest absolute Gasteiger partial charge is 0.449 e. The summed E-state index contributed by atoms with van der Waals surface area (Å²) in [4.78, 5) is 11.3. The molecule has 1 aliphatic heterocycles. The summed E-state index contributed by atoms with van der Waals surface area (Å²) in [5.41, 5.74) is -3.98. The Morgan fingerprint density at radius 1 is 1.04 bits per heavy atom. The van der Waals surface area contributed by atoms with Crippen molar-refractivity contribution in [3.63, 3.8) is 0 Å². The smallest absolute Gasteiger partial charge is 0.416 e. The molecule has 0 radical (unpaired) electrons. The number of halogens is 6. The minimum atomic E-state index is -4.94. The Morgan fingerprint density at radius 2 is 1.52 bits per heavy atom. The fourth-order valence-electron chi connectivity index (χ4n) is 2.37. The quantitative estimate of drug-likeness (QED) is 0.762. The maximum absolute atomic E-state index is 12.9. The van der Waals surface area contributed by atoms with Gasteiger partial charge in [-0.2, -0.15) is 26.3 Å². The third-order valence-electron chi connectivity index (χ3n) is 3.56. The number of alkyl halides is 6. The highest BCUT2D eigenvalue weighted by Gasteiger charge is 2.42. The molecule has 0 unspecified atom stereocenters. The van der Waals surface area contributed by atoms with Gasteiger partial charge in [-0.05, 0) is 23.8 Å².